The molecule has 0 spiro atoms. The normalized spacial score (nSPS) is 16.1. The van der Waals surface area contributed by atoms with Crippen LogP contribution in [0.25, 0.3) is 0 Å². The van der Waals surface area contributed by atoms with Crippen LogP contribution in [0.15, 0.2) is 40.0 Å². The molecule has 0 radical (unpaired) electrons. The number of amides is 1. The zero-order valence-corrected chi connectivity index (χ0v) is 17.6. The summed E-state index contributed by atoms with van der Waals surface area (Å²) in [6, 6.07) is 4.99. The Hall–Kier alpha value is -1.71. The summed E-state index contributed by atoms with van der Waals surface area (Å²) < 4.78 is 30.0. The van der Waals surface area contributed by atoms with E-state index < -0.39 is 10.0 Å². The predicted octanol–water partition coefficient (Wildman–Crippen LogP) is 3.16. The standard InChI is InChI=1S/C18H23BrN4O3S/c1-14-6-7-16(21-18(24)13-22-12-15(19)11-20-22)10-17(14)27(25,26)23-8-4-2-3-5-9-23/h6-7,10-12H,2-5,8-9,13H2,1H3,(H,21,24). The highest BCUT2D eigenvalue weighted by Crippen LogP contribution is 2.25. The van der Waals surface area contributed by atoms with Crippen molar-refractivity contribution >= 4 is 37.5 Å². The Kier molecular flexibility index (Phi) is 6.33. The number of rotatable bonds is 5. The molecule has 1 aromatic heterocycles. The molecular formula is C18H23BrN4O3S. The van der Waals surface area contributed by atoms with Crippen molar-refractivity contribution in [3.05, 3.63) is 40.6 Å². The molecule has 0 saturated carbocycles. The molecule has 0 atom stereocenters. The van der Waals surface area contributed by atoms with Gasteiger partial charge in [0.15, 0.2) is 0 Å². The van der Waals surface area contributed by atoms with E-state index in [4.69, 9.17) is 0 Å². The fourth-order valence-electron chi connectivity index (χ4n) is 3.15. The lowest BCUT2D eigenvalue weighted by molar-refractivity contribution is -0.116. The monoisotopic (exact) mass is 454 g/mol. The van der Waals surface area contributed by atoms with Crippen molar-refractivity contribution in [1.29, 1.82) is 0 Å². The molecule has 146 valence electrons. The molecule has 7 nitrogen and oxygen atoms in total. The van der Waals surface area contributed by atoms with Gasteiger partial charge in [0.05, 0.1) is 15.6 Å². The van der Waals surface area contributed by atoms with Gasteiger partial charge in [-0.2, -0.15) is 9.40 Å². The number of carbonyl (C=O) groups is 1. The summed E-state index contributed by atoms with van der Waals surface area (Å²) in [5.74, 6) is -0.271. The van der Waals surface area contributed by atoms with Crippen LogP contribution in [0.2, 0.25) is 0 Å². The number of aromatic nitrogens is 2. The summed E-state index contributed by atoms with van der Waals surface area (Å²) in [7, 11) is -3.57. The first kappa shape index (κ1) is 20.0. The number of benzene rings is 1. The van der Waals surface area contributed by atoms with Gasteiger partial charge in [0.2, 0.25) is 15.9 Å². The maximum atomic E-state index is 13.1. The van der Waals surface area contributed by atoms with Crippen molar-refractivity contribution < 1.29 is 13.2 Å². The van der Waals surface area contributed by atoms with E-state index in [2.05, 4.69) is 26.3 Å². The van der Waals surface area contributed by atoms with Crippen molar-refractivity contribution in [2.75, 3.05) is 18.4 Å². The lowest BCUT2D eigenvalue weighted by Crippen LogP contribution is -2.32. The fourth-order valence-corrected chi connectivity index (χ4v) is 5.25. The van der Waals surface area contributed by atoms with Gasteiger partial charge in [-0.25, -0.2) is 8.42 Å². The van der Waals surface area contributed by atoms with Gasteiger partial charge in [-0.1, -0.05) is 18.9 Å². The Bertz CT molecular complexity index is 918. The third-order valence-corrected chi connectivity index (χ3v) is 7.01. The number of hydrogen-bond donors (Lipinski definition) is 1. The molecule has 1 saturated heterocycles. The highest BCUT2D eigenvalue weighted by Gasteiger charge is 2.27. The zero-order valence-electron chi connectivity index (χ0n) is 15.2. The number of hydrogen-bond acceptors (Lipinski definition) is 4. The van der Waals surface area contributed by atoms with Crippen molar-refractivity contribution in [1.82, 2.24) is 14.1 Å². The zero-order chi connectivity index (χ0) is 19.4. The van der Waals surface area contributed by atoms with Gasteiger partial charge in [-0.05, 0) is 53.4 Å². The molecule has 27 heavy (non-hydrogen) atoms. The Morgan fingerprint density at radius 2 is 1.93 bits per heavy atom. The van der Waals surface area contributed by atoms with Gasteiger partial charge < -0.3 is 5.32 Å². The summed E-state index contributed by atoms with van der Waals surface area (Å²) >= 11 is 3.29. The smallest absolute Gasteiger partial charge is 0.246 e. The molecule has 1 aliphatic rings. The van der Waals surface area contributed by atoms with E-state index in [9.17, 15) is 13.2 Å². The third-order valence-electron chi connectivity index (χ3n) is 4.56. The van der Waals surface area contributed by atoms with Crippen molar-refractivity contribution in [3.8, 4) is 0 Å². The molecule has 2 heterocycles. The quantitative estimate of drug-likeness (QED) is 0.751. The van der Waals surface area contributed by atoms with Crippen LogP contribution in [0.3, 0.4) is 0 Å². The molecule has 1 amide bonds. The summed E-state index contributed by atoms with van der Waals surface area (Å²) in [6.45, 7) is 2.92. The van der Waals surface area contributed by atoms with E-state index in [1.165, 1.54) is 4.68 Å². The van der Waals surface area contributed by atoms with Gasteiger partial charge in [0.1, 0.15) is 6.54 Å². The van der Waals surface area contributed by atoms with Crippen LogP contribution in [0.1, 0.15) is 31.2 Å². The largest absolute Gasteiger partial charge is 0.324 e. The second-order valence-corrected chi connectivity index (χ2v) is 9.52. The van der Waals surface area contributed by atoms with Crippen LogP contribution < -0.4 is 5.32 Å². The first-order valence-corrected chi connectivity index (χ1v) is 11.2. The molecule has 1 N–H and O–H groups in total. The number of anilines is 1. The van der Waals surface area contributed by atoms with Crippen molar-refractivity contribution in [2.45, 2.75) is 44.0 Å². The van der Waals surface area contributed by atoms with Crippen LogP contribution in [0.4, 0.5) is 5.69 Å². The van der Waals surface area contributed by atoms with Crippen LogP contribution in [0.5, 0.6) is 0 Å². The van der Waals surface area contributed by atoms with Gasteiger partial charge in [0, 0.05) is 25.0 Å². The highest BCUT2D eigenvalue weighted by atomic mass is 79.9. The average molecular weight is 455 g/mol. The van der Waals surface area contributed by atoms with Crippen molar-refractivity contribution in [3.63, 3.8) is 0 Å². The van der Waals surface area contributed by atoms with E-state index in [-0.39, 0.29) is 17.3 Å². The molecule has 2 aromatic rings. The third kappa shape index (κ3) is 4.97. The minimum Gasteiger partial charge on any atom is -0.324 e. The Balaban J connectivity index is 1.78. The molecule has 0 unspecified atom stereocenters. The number of nitrogens with one attached hydrogen (secondary N) is 1. The Labute approximate surface area is 167 Å². The van der Waals surface area contributed by atoms with Crippen molar-refractivity contribution in [2.24, 2.45) is 0 Å². The first-order chi connectivity index (χ1) is 12.9. The fraction of sp³-hybridized carbons (Fsp3) is 0.444. The molecule has 1 fully saturated rings. The topological polar surface area (TPSA) is 84.3 Å². The van der Waals surface area contributed by atoms with E-state index in [1.54, 1.807) is 41.8 Å². The predicted molar refractivity (Wildman–Crippen MR) is 107 cm³/mol. The molecule has 9 heteroatoms. The summed E-state index contributed by atoms with van der Waals surface area (Å²) in [4.78, 5) is 12.5. The van der Waals surface area contributed by atoms with E-state index >= 15 is 0 Å². The molecule has 0 aliphatic carbocycles. The summed E-state index contributed by atoms with van der Waals surface area (Å²) in [5, 5.41) is 6.80. The van der Waals surface area contributed by atoms with E-state index in [0.29, 0.717) is 24.3 Å². The SMILES string of the molecule is Cc1ccc(NC(=O)Cn2cc(Br)cn2)cc1S(=O)(=O)N1CCCCCC1. The van der Waals surface area contributed by atoms with E-state index in [1.807, 2.05) is 0 Å². The second-order valence-electron chi connectivity index (χ2n) is 6.70. The minimum absolute atomic E-state index is 0.0493. The molecule has 0 bridgehead atoms. The molecule has 1 aliphatic heterocycles. The van der Waals surface area contributed by atoms with Gasteiger partial charge in [0.25, 0.3) is 0 Å². The average Bonchev–Trinajstić information content (AvgIpc) is 2.86. The minimum atomic E-state index is -3.57. The maximum absolute atomic E-state index is 13.1. The maximum Gasteiger partial charge on any atom is 0.246 e. The number of carbonyl (C=O) groups excluding carboxylic acids is 1. The van der Waals surface area contributed by atoms with Crippen LogP contribution in [-0.2, 0) is 21.4 Å². The summed E-state index contributed by atoms with van der Waals surface area (Å²) in [6.07, 6.45) is 7.19. The highest BCUT2D eigenvalue weighted by molar-refractivity contribution is 9.10. The molecule has 3 rings (SSSR count). The number of halogens is 1. The van der Waals surface area contributed by atoms with Gasteiger partial charge in [-0.15, -0.1) is 0 Å². The number of nitrogens with zero attached hydrogens (tertiary/aromatic N) is 3. The number of sulfonamides is 1. The van der Waals surface area contributed by atoms with Crippen LogP contribution >= 0.6 is 15.9 Å². The van der Waals surface area contributed by atoms with Crippen LogP contribution in [0, 0.1) is 6.92 Å². The first-order valence-electron chi connectivity index (χ1n) is 8.95. The van der Waals surface area contributed by atoms with E-state index in [0.717, 1.165) is 30.2 Å². The second kappa shape index (κ2) is 8.53. The Morgan fingerprint density at radius 1 is 1.22 bits per heavy atom. The molecular weight excluding hydrogens is 432 g/mol. The van der Waals surface area contributed by atoms with Crippen LogP contribution in [-0.4, -0.2) is 41.5 Å². The summed E-state index contributed by atoms with van der Waals surface area (Å²) in [5.41, 5.74) is 1.14. The van der Waals surface area contributed by atoms with Gasteiger partial charge >= 0.3 is 0 Å². The lowest BCUT2D eigenvalue weighted by atomic mass is 10.2. The van der Waals surface area contributed by atoms with Gasteiger partial charge in [-0.3, -0.25) is 9.48 Å². The number of aryl methyl sites for hydroxylation is 1. The lowest BCUT2D eigenvalue weighted by Gasteiger charge is -2.21. The molecule has 1 aromatic carbocycles. The Morgan fingerprint density at radius 3 is 2.56 bits per heavy atom.